The number of alkyl halides is 4. The second kappa shape index (κ2) is 19.5. The number of piperazine rings is 2. The van der Waals surface area contributed by atoms with Crippen molar-refractivity contribution in [3.8, 4) is 11.8 Å². The number of pyridine rings is 2. The highest BCUT2D eigenvalue weighted by molar-refractivity contribution is 7.88. The Morgan fingerprint density at radius 2 is 1.16 bits per heavy atom. The van der Waals surface area contributed by atoms with Crippen molar-refractivity contribution in [2.75, 3.05) is 72.5 Å². The van der Waals surface area contributed by atoms with E-state index in [9.17, 15) is 53.6 Å². The number of amides is 4. The van der Waals surface area contributed by atoms with Crippen LogP contribution in [0, 0.1) is 0 Å². The summed E-state index contributed by atoms with van der Waals surface area (Å²) < 4.78 is 115. The maximum Gasteiger partial charge on any atom is 0.388 e. The molecular weight excluding hydrogens is 861 g/mol. The van der Waals surface area contributed by atoms with Gasteiger partial charge in [0.25, 0.3) is 0 Å². The van der Waals surface area contributed by atoms with E-state index in [0.717, 1.165) is 20.1 Å². The van der Waals surface area contributed by atoms with Crippen LogP contribution < -0.4 is 14.8 Å². The quantitative estimate of drug-likeness (QED) is 0.138. The molecule has 26 heteroatoms. The molecule has 61 heavy (non-hydrogen) atoms. The van der Waals surface area contributed by atoms with Gasteiger partial charge in [-0.25, -0.2) is 17.9 Å². The van der Waals surface area contributed by atoms with E-state index in [2.05, 4.69) is 37.9 Å². The van der Waals surface area contributed by atoms with Gasteiger partial charge in [0, 0.05) is 85.6 Å². The lowest BCUT2D eigenvalue weighted by atomic mass is 10.3. The molecule has 0 unspecified atom stereocenters. The lowest BCUT2D eigenvalue weighted by molar-refractivity contribution is -0.138. The second-order valence-electron chi connectivity index (χ2n) is 13.0. The number of ether oxygens (including phenoxy) is 2. The zero-order valence-electron chi connectivity index (χ0n) is 32.3. The Balaban J connectivity index is 0.000000268. The van der Waals surface area contributed by atoms with Crippen molar-refractivity contribution in [3.05, 3.63) is 74.4 Å². The molecule has 4 amide bonds. The van der Waals surface area contributed by atoms with Crippen LogP contribution in [-0.4, -0.2) is 167 Å². The first-order valence-electron chi connectivity index (χ1n) is 18.0. The molecule has 0 spiro atoms. The second-order valence-corrected chi connectivity index (χ2v) is 16.6. The van der Waals surface area contributed by atoms with Crippen molar-refractivity contribution in [2.45, 2.75) is 13.2 Å². The topological polar surface area (TPSA) is 219 Å². The molecule has 332 valence electrons. The van der Waals surface area contributed by atoms with Crippen LogP contribution in [0.3, 0.4) is 0 Å². The lowest BCUT2D eigenvalue weighted by Gasteiger charge is -2.34. The highest BCUT2D eigenvalue weighted by Crippen LogP contribution is 2.29. The van der Waals surface area contributed by atoms with Gasteiger partial charge in [-0.3, -0.25) is 19.2 Å². The Kier molecular flexibility index (Phi) is 14.7. The Labute approximate surface area is 348 Å². The fourth-order valence-corrected chi connectivity index (χ4v) is 9.25. The number of carbonyl (C=O) groups excluding carboxylic acids is 4. The number of carbonyl (C=O) groups is 4. The van der Waals surface area contributed by atoms with Crippen LogP contribution in [0.1, 0.15) is 1.43 Å². The summed E-state index contributed by atoms with van der Waals surface area (Å²) in [5, 5.41) is 2.64. The van der Waals surface area contributed by atoms with Crippen LogP contribution in [0.15, 0.2) is 74.4 Å². The van der Waals surface area contributed by atoms with E-state index < -0.39 is 45.5 Å². The van der Waals surface area contributed by atoms with Gasteiger partial charge in [0.2, 0.25) is 35.4 Å². The molecule has 4 aromatic rings. The number of halogens is 4. The van der Waals surface area contributed by atoms with Crippen LogP contribution in [0.4, 0.5) is 17.6 Å². The summed E-state index contributed by atoms with van der Waals surface area (Å²) in [6.07, 6.45) is 7.00. The number of hydrogen-bond donors (Lipinski definition) is 1. The Morgan fingerprint density at radius 1 is 0.738 bits per heavy atom. The molecule has 20 nitrogen and oxygen atoms in total. The molecule has 1 N–H and O–H groups in total. The fraction of sp³-hybridized carbons (Fsp3) is 0.371. The summed E-state index contributed by atoms with van der Waals surface area (Å²) >= 11 is 0. The average Bonchev–Trinajstić information content (AvgIpc) is 3.89. The van der Waals surface area contributed by atoms with Crippen molar-refractivity contribution in [1.29, 1.82) is 0 Å². The van der Waals surface area contributed by atoms with Crippen molar-refractivity contribution in [3.63, 3.8) is 0 Å². The van der Waals surface area contributed by atoms with Gasteiger partial charge in [-0.2, -0.15) is 43.0 Å². The maximum absolute atomic E-state index is 13.1. The Hall–Kier alpha value is -6.12. The number of fused-ring (bicyclic) bond motifs is 2. The van der Waals surface area contributed by atoms with E-state index in [-0.39, 0.29) is 112 Å². The van der Waals surface area contributed by atoms with E-state index in [1.165, 1.54) is 79.4 Å². The van der Waals surface area contributed by atoms with E-state index >= 15 is 0 Å². The van der Waals surface area contributed by atoms with Crippen LogP contribution >= 0.6 is 0 Å². The highest BCUT2D eigenvalue weighted by Gasteiger charge is 2.33. The molecule has 4 aromatic heterocycles. The van der Waals surface area contributed by atoms with E-state index in [4.69, 9.17) is 0 Å². The van der Waals surface area contributed by atoms with E-state index in [0.29, 0.717) is 0 Å². The van der Waals surface area contributed by atoms with E-state index in [1.807, 2.05) is 0 Å². The van der Waals surface area contributed by atoms with Crippen molar-refractivity contribution < 1.29 is 64.5 Å². The van der Waals surface area contributed by atoms with E-state index in [1.54, 1.807) is 0 Å². The first-order chi connectivity index (χ1) is 28.9. The number of hydrogen-bond acceptors (Lipinski definition) is 12. The van der Waals surface area contributed by atoms with Gasteiger partial charge < -0.3 is 29.5 Å². The molecule has 0 atom stereocenters. The average molecular weight is 903 g/mol. The van der Waals surface area contributed by atoms with Crippen molar-refractivity contribution >= 4 is 65.9 Å². The van der Waals surface area contributed by atoms with Crippen molar-refractivity contribution in [2.24, 2.45) is 0 Å². The summed E-state index contributed by atoms with van der Waals surface area (Å²) in [5.41, 5.74) is 0.292. The fourth-order valence-electron chi connectivity index (χ4n) is 6.26. The monoisotopic (exact) mass is 902 g/mol. The first kappa shape index (κ1) is 46.0. The Bertz CT molecular complexity index is 2510. The highest BCUT2D eigenvalue weighted by atomic mass is 32.2. The van der Waals surface area contributed by atoms with Gasteiger partial charge in [0.1, 0.15) is 0 Å². The smallest absolute Gasteiger partial charge is 0.388 e. The SMILES string of the molecule is C=CC(=O)N(C)CC(=O)N1CCN(S(=O)(=O)n2ccc3c(OC(F)F)nccc32)CC1.C=CC(=O)NCC(=O)N1CCN(S(=O)(=O)n2ccc3c(OC(F)F)nccc32)CC1.[HH]. The molecule has 6 rings (SSSR count). The molecule has 2 aliphatic heterocycles. The number of aromatic nitrogens is 4. The number of nitrogens with zero attached hydrogens (tertiary/aromatic N) is 9. The number of nitrogens with one attached hydrogen (secondary N) is 1. The predicted octanol–water partition coefficient (Wildman–Crippen LogP) is 0.942. The Morgan fingerprint density at radius 3 is 1.56 bits per heavy atom. The first-order valence-corrected chi connectivity index (χ1v) is 20.8. The van der Waals surface area contributed by atoms with Gasteiger partial charge >= 0.3 is 33.6 Å². The van der Waals surface area contributed by atoms with Crippen molar-refractivity contribution in [1.82, 2.24) is 46.5 Å². The minimum Gasteiger partial charge on any atom is -0.416 e. The van der Waals surface area contributed by atoms with Gasteiger partial charge in [0.05, 0.1) is 34.9 Å². The van der Waals surface area contributed by atoms with Gasteiger partial charge in [-0.1, -0.05) is 13.2 Å². The molecule has 0 aromatic carbocycles. The summed E-state index contributed by atoms with van der Waals surface area (Å²) in [7, 11) is -6.55. The molecule has 0 aliphatic carbocycles. The van der Waals surface area contributed by atoms with Crippen LogP contribution in [0.25, 0.3) is 21.8 Å². The standard InChI is InChI=1S/C18H21F2N5O5S.C17H19F2N5O5S.H2/c1-3-15(26)22(2)12-16(27)23-8-10-24(11-9-23)31(28,29)25-7-5-13-14(25)4-6-21-17(13)30-18(19)20;1-2-14(25)21-11-15(26)22-7-9-23(10-8-22)30(27,28)24-6-4-12-13(24)3-5-20-16(12)29-17(18)19;/h3-7,18H,1,8-12H2,2H3;2-6,17H,1,7-11H2,(H,21,25);1H. The lowest BCUT2D eigenvalue weighted by Crippen LogP contribution is -2.53. The molecule has 2 saturated heterocycles. The molecule has 0 saturated carbocycles. The molecule has 0 bridgehead atoms. The summed E-state index contributed by atoms with van der Waals surface area (Å²) in [6, 6.07) is 5.44. The zero-order valence-corrected chi connectivity index (χ0v) is 34.0. The zero-order chi connectivity index (χ0) is 44.6. The minimum absolute atomic E-state index is 0. The third-order valence-electron chi connectivity index (χ3n) is 9.35. The molecule has 2 fully saturated rings. The van der Waals surface area contributed by atoms with Gasteiger partial charge in [-0.05, 0) is 36.4 Å². The minimum atomic E-state index is -4.02. The third-order valence-corrected chi connectivity index (χ3v) is 13.0. The van der Waals surface area contributed by atoms with Gasteiger partial charge in [-0.15, -0.1) is 0 Å². The van der Waals surface area contributed by atoms with Crippen LogP contribution in [0.5, 0.6) is 11.8 Å². The third kappa shape index (κ3) is 10.6. The summed E-state index contributed by atoms with van der Waals surface area (Å²) in [5.74, 6) is -2.24. The predicted molar refractivity (Wildman–Crippen MR) is 211 cm³/mol. The van der Waals surface area contributed by atoms with Gasteiger partial charge in [0.15, 0.2) is 0 Å². The number of likely N-dealkylation sites (N-methyl/N-ethyl adjacent to an activating group) is 1. The largest absolute Gasteiger partial charge is 0.416 e. The molecule has 6 heterocycles. The molecule has 2 aliphatic rings. The summed E-state index contributed by atoms with van der Waals surface area (Å²) in [4.78, 5) is 58.8. The normalized spacial score (nSPS) is 15.3. The number of rotatable bonds is 14. The van der Waals surface area contributed by atoms with Crippen LogP contribution in [0.2, 0.25) is 0 Å². The molecular formula is C35H42F4N10O10S2. The maximum atomic E-state index is 13.1. The van der Waals surface area contributed by atoms with Crippen LogP contribution in [-0.2, 0) is 39.6 Å². The molecule has 0 radical (unpaired) electrons. The summed E-state index contributed by atoms with van der Waals surface area (Å²) in [6.45, 7) is 0.852.